The molecule has 106 valence electrons. The Kier molecular flexibility index (Phi) is 9.22. The first-order chi connectivity index (χ1) is 7.16. The average Bonchev–Trinajstić information content (AvgIpc) is 2.12. The van der Waals surface area contributed by atoms with Crippen molar-refractivity contribution in [2.75, 3.05) is 47.5 Å². The Hall–Kier alpha value is -0.0500. The second-order valence-corrected chi connectivity index (χ2v) is 5.90. The summed E-state index contributed by atoms with van der Waals surface area (Å²) in [6.07, 6.45) is -1.18. The Bertz CT molecular complexity index is 243. The number of phosphoric ester groups is 1. The molecule has 0 saturated heterocycles. The summed E-state index contributed by atoms with van der Waals surface area (Å²) >= 11 is 0. The fraction of sp³-hybridized carbons (Fsp3) is 1.00. The number of aliphatic hydroxyl groups excluding tert-OH is 2. The molecule has 0 rings (SSSR count). The standard InChI is InChI=1S/C8H20NO6P.H2O/c1-9(2,3)4-5-14-16(12,13)15-7-8(11)6-10;/h8,10-11H,4-7H2,1-3H3;1H2. The van der Waals surface area contributed by atoms with Gasteiger partial charge in [-0.3, -0.25) is 9.05 Å². The molecule has 0 bridgehead atoms. The minimum Gasteiger partial charge on any atom is -0.870 e. The first-order valence-electron chi connectivity index (χ1n) is 4.87. The van der Waals surface area contributed by atoms with Gasteiger partial charge in [-0.15, -0.1) is 0 Å². The van der Waals surface area contributed by atoms with Crippen molar-refractivity contribution >= 4 is 7.82 Å². The number of rotatable bonds is 8. The van der Waals surface area contributed by atoms with Crippen LogP contribution in [0.5, 0.6) is 0 Å². The molecule has 9 heteroatoms. The summed E-state index contributed by atoms with van der Waals surface area (Å²) in [5, 5.41) is 17.4. The zero-order chi connectivity index (χ0) is 12.8. The summed E-state index contributed by atoms with van der Waals surface area (Å²) < 4.78 is 21.0. The fourth-order valence-corrected chi connectivity index (χ4v) is 1.45. The largest absolute Gasteiger partial charge is 0.870 e. The average molecular weight is 275 g/mol. The quantitative estimate of drug-likeness (QED) is 0.383. The number of likely N-dealkylation sites (N-methyl/N-ethyl adjacent to an activating group) is 1. The first kappa shape index (κ1) is 19.3. The van der Waals surface area contributed by atoms with Gasteiger partial charge in [-0.2, -0.15) is 0 Å². The highest BCUT2D eigenvalue weighted by Gasteiger charge is 2.23. The lowest BCUT2D eigenvalue weighted by Crippen LogP contribution is -2.37. The summed E-state index contributed by atoms with van der Waals surface area (Å²) in [6.45, 7) is -0.337. The molecule has 0 spiro atoms. The molecule has 0 heterocycles. The number of aliphatic hydroxyl groups is 2. The maximum Gasteiger partial charge on any atom is 0.472 e. The van der Waals surface area contributed by atoms with Gasteiger partial charge in [-0.25, -0.2) is 4.57 Å². The molecule has 0 aromatic rings. The van der Waals surface area contributed by atoms with Crippen molar-refractivity contribution in [2.45, 2.75) is 6.10 Å². The van der Waals surface area contributed by atoms with E-state index in [2.05, 4.69) is 9.05 Å². The van der Waals surface area contributed by atoms with Crippen LogP contribution in [0.25, 0.3) is 0 Å². The maximum atomic E-state index is 11.2. The van der Waals surface area contributed by atoms with Crippen LogP contribution >= 0.6 is 7.82 Å². The lowest BCUT2D eigenvalue weighted by molar-refractivity contribution is -0.870. The molecule has 8 nitrogen and oxygen atoms in total. The predicted molar refractivity (Wildman–Crippen MR) is 59.7 cm³/mol. The van der Waals surface area contributed by atoms with E-state index in [4.69, 9.17) is 15.1 Å². The third-order valence-corrected chi connectivity index (χ3v) is 2.64. The molecule has 2 atom stereocenters. The smallest absolute Gasteiger partial charge is 0.472 e. The molecule has 0 aromatic heterocycles. The van der Waals surface area contributed by atoms with Crippen molar-refractivity contribution in [3.8, 4) is 0 Å². The lowest BCUT2D eigenvalue weighted by Gasteiger charge is -2.24. The molecule has 0 fully saturated rings. The van der Waals surface area contributed by atoms with Gasteiger partial charge in [0.2, 0.25) is 0 Å². The van der Waals surface area contributed by atoms with Crippen molar-refractivity contribution in [3.63, 3.8) is 0 Å². The Labute approximate surface area is 101 Å². The van der Waals surface area contributed by atoms with Crippen LogP contribution in [0.4, 0.5) is 0 Å². The minimum atomic E-state index is -4.13. The van der Waals surface area contributed by atoms with Crippen molar-refractivity contribution in [1.29, 1.82) is 0 Å². The van der Waals surface area contributed by atoms with Crippen molar-refractivity contribution in [3.05, 3.63) is 0 Å². The molecule has 0 saturated carbocycles. The van der Waals surface area contributed by atoms with Gasteiger partial charge >= 0.3 is 7.82 Å². The van der Waals surface area contributed by atoms with E-state index >= 15 is 0 Å². The highest BCUT2D eigenvalue weighted by molar-refractivity contribution is 7.47. The summed E-state index contributed by atoms with van der Waals surface area (Å²) in [5.41, 5.74) is 0. The van der Waals surface area contributed by atoms with Crippen molar-refractivity contribution < 1.29 is 38.7 Å². The summed E-state index contributed by atoms with van der Waals surface area (Å²) in [5.74, 6) is 0. The Morgan fingerprint density at radius 3 is 2.24 bits per heavy atom. The number of hydrogen-bond acceptors (Lipinski definition) is 6. The van der Waals surface area contributed by atoms with Crippen molar-refractivity contribution in [2.24, 2.45) is 0 Å². The highest BCUT2D eigenvalue weighted by atomic mass is 31.2. The van der Waals surface area contributed by atoms with Gasteiger partial charge in [0.25, 0.3) is 0 Å². The monoisotopic (exact) mass is 275 g/mol. The van der Waals surface area contributed by atoms with E-state index in [9.17, 15) is 4.57 Å². The SMILES string of the molecule is C[N+](C)(C)CCOP(=O)(O)OCC(O)CO.[OH-]. The minimum absolute atomic E-state index is 0. The Balaban J connectivity index is 0. The maximum absolute atomic E-state index is 11.2. The molecule has 0 amide bonds. The van der Waals surface area contributed by atoms with E-state index < -0.39 is 27.1 Å². The van der Waals surface area contributed by atoms with Crippen molar-refractivity contribution in [1.82, 2.24) is 0 Å². The molecule has 0 aromatic carbocycles. The van der Waals surface area contributed by atoms with Crippen LogP contribution in [0.2, 0.25) is 0 Å². The van der Waals surface area contributed by atoms with Gasteiger partial charge in [0.1, 0.15) is 19.3 Å². The summed E-state index contributed by atoms with van der Waals surface area (Å²) in [4.78, 5) is 9.17. The van der Waals surface area contributed by atoms with Crippen LogP contribution in [0.3, 0.4) is 0 Å². The van der Waals surface area contributed by atoms with E-state index in [0.29, 0.717) is 11.0 Å². The van der Waals surface area contributed by atoms with Crippen LogP contribution in [-0.2, 0) is 13.6 Å². The number of phosphoric acid groups is 1. The first-order valence-corrected chi connectivity index (χ1v) is 6.37. The van der Waals surface area contributed by atoms with Crippen LogP contribution in [-0.4, -0.2) is 78.7 Å². The topological polar surface area (TPSA) is 126 Å². The zero-order valence-electron chi connectivity index (χ0n) is 10.3. The molecule has 0 aliphatic rings. The van der Waals surface area contributed by atoms with E-state index in [1.165, 1.54) is 0 Å². The molecule has 2 unspecified atom stereocenters. The number of hydrogen-bond donors (Lipinski definition) is 3. The highest BCUT2D eigenvalue weighted by Crippen LogP contribution is 2.42. The van der Waals surface area contributed by atoms with E-state index in [-0.39, 0.29) is 12.1 Å². The lowest BCUT2D eigenvalue weighted by atomic mass is 10.4. The van der Waals surface area contributed by atoms with Gasteiger partial charge < -0.3 is 25.1 Å². The molecule has 17 heavy (non-hydrogen) atoms. The third-order valence-electron chi connectivity index (χ3n) is 1.66. The molecule has 0 aliphatic carbocycles. The van der Waals surface area contributed by atoms with E-state index in [1.54, 1.807) is 0 Å². The van der Waals surface area contributed by atoms with Gasteiger partial charge in [0, 0.05) is 0 Å². The van der Waals surface area contributed by atoms with Gasteiger partial charge in [0.05, 0.1) is 34.4 Å². The van der Waals surface area contributed by atoms with Crippen LogP contribution in [0, 0.1) is 0 Å². The second kappa shape index (κ2) is 8.12. The third kappa shape index (κ3) is 12.2. The summed E-state index contributed by atoms with van der Waals surface area (Å²) in [6, 6.07) is 0. The molecule has 0 radical (unpaired) electrons. The Morgan fingerprint density at radius 1 is 1.29 bits per heavy atom. The van der Waals surface area contributed by atoms with E-state index in [0.717, 1.165) is 0 Å². The predicted octanol–water partition coefficient (Wildman–Crippen LogP) is -0.997. The summed E-state index contributed by atoms with van der Waals surface area (Å²) in [7, 11) is 1.63. The molecule has 4 N–H and O–H groups in total. The second-order valence-electron chi connectivity index (χ2n) is 4.45. The fourth-order valence-electron chi connectivity index (χ4n) is 0.700. The number of quaternary nitrogens is 1. The van der Waals surface area contributed by atoms with Gasteiger partial charge in [-0.05, 0) is 0 Å². The van der Waals surface area contributed by atoms with E-state index in [1.807, 2.05) is 21.1 Å². The van der Waals surface area contributed by atoms with Gasteiger partial charge in [-0.1, -0.05) is 0 Å². The molecule has 0 aliphatic heterocycles. The number of nitrogens with zero attached hydrogens (tertiary/aromatic N) is 1. The Morgan fingerprint density at radius 2 is 1.82 bits per heavy atom. The van der Waals surface area contributed by atoms with Crippen LogP contribution in [0.1, 0.15) is 0 Å². The van der Waals surface area contributed by atoms with Crippen LogP contribution < -0.4 is 0 Å². The van der Waals surface area contributed by atoms with Gasteiger partial charge in [0.15, 0.2) is 0 Å². The zero-order valence-corrected chi connectivity index (χ0v) is 11.2. The van der Waals surface area contributed by atoms with Crippen LogP contribution in [0.15, 0.2) is 0 Å². The molecular weight excluding hydrogens is 253 g/mol. The molecular formula is C8H22NO7P. The normalized spacial score (nSPS) is 17.1.